The van der Waals surface area contributed by atoms with Gasteiger partial charge in [-0.25, -0.2) is 10.1 Å². The Morgan fingerprint density at radius 2 is 1.59 bits per heavy atom. The van der Waals surface area contributed by atoms with Crippen molar-refractivity contribution in [2.24, 2.45) is 5.10 Å². The number of hydrogen-bond acceptors (Lipinski definition) is 7. The third kappa shape index (κ3) is 4.61. The Hall–Kier alpha value is -4.59. The minimum Gasteiger partial charge on any atom is -0.324 e. The fourth-order valence-corrected chi connectivity index (χ4v) is 3.69. The first-order chi connectivity index (χ1) is 16.5. The summed E-state index contributed by atoms with van der Waals surface area (Å²) in [6, 6.07) is 24.3. The molecule has 0 aliphatic heterocycles. The van der Waals surface area contributed by atoms with E-state index in [-0.39, 0.29) is 0 Å². The maximum Gasteiger partial charge on any atom is 0.257 e. The zero-order valence-corrected chi connectivity index (χ0v) is 19.2. The first-order valence-electron chi connectivity index (χ1n) is 11.0. The Bertz CT molecular complexity index is 1480. The van der Waals surface area contributed by atoms with Gasteiger partial charge in [-0.05, 0) is 49.7 Å². The van der Waals surface area contributed by atoms with Gasteiger partial charge in [0.1, 0.15) is 0 Å². The molecule has 0 saturated carbocycles. The van der Waals surface area contributed by atoms with Gasteiger partial charge in [0.25, 0.3) is 5.95 Å². The van der Waals surface area contributed by atoms with Gasteiger partial charge in [-0.3, -0.25) is 0 Å². The number of anilines is 3. The van der Waals surface area contributed by atoms with Crippen LogP contribution in [0.3, 0.4) is 0 Å². The first-order valence-corrected chi connectivity index (χ1v) is 11.0. The molecule has 0 aliphatic rings. The Balaban J connectivity index is 1.47. The maximum atomic E-state index is 4.58. The van der Waals surface area contributed by atoms with E-state index >= 15 is 0 Å². The van der Waals surface area contributed by atoms with E-state index in [9.17, 15) is 0 Å². The molecule has 8 nitrogen and oxygen atoms in total. The number of benzene rings is 3. The van der Waals surface area contributed by atoms with Crippen LogP contribution in [-0.2, 0) is 0 Å². The van der Waals surface area contributed by atoms with Crippen LogP contribution in [0.1, 0.15) is 22.5 Å². The fourth-order valence-electron chi connectivity index (χ4n) is 3.69. The number of rotatable bonds is 6. The second-order valence-corrected chi connectivity index (χ2v) is 8.05. The van der Waals surface area contributed by atoms with Gasteiger partial charge in [0.05, 0.1) is 11.9 Å². The van der Waals surface area contributed by atoms with E-state index in [1.165, 1.54) is 5.56 Å². The molecule has 0 unspecified atom stereocenters. The number of aromatic nitrogens is 5. The predicted molar refractivity (Wildman–Crippen MR) is 136 cm³/mol. The molecule has 34 heavy (non-hydrogen) atoms. The van der Waals surface area contributed by atoms with Crippen LogP contribution in [0.2, 0.25) is 0 Å². The third-order valence-electron chi connectivity index (χ3n) is 5.32. The molecule has 0 atom stereocenters. The summed E-state index contributed by atoms with van der Waals surface area (Å²) < 4.78 is 1.69. The molecule has 8 heteroatoms. The fraction of sp³-hybridized carbons (Fsp3) is 0.115. The van der Waals surface area contributed by atoms with Crippen molar-refractivity contribution in [2.45, 2.75) is 20.8 Å². The SMILES string of the molecule is Cc1ccc(Nc2nc(N/N=C/c3cccc4ccccc34)nc(-n3nc(C)cc3C)n2)cc1. The van der Waals surface area contributed by atoms with E-state index in [1.807, 2.05) is 75.4 Å². The second kappa shape index (κ2) is 9.11. The molecular weight excluding hydrogens is 424 g/mol. The predicted octanol–water partition coefficient (Wildman–Crippen LogP) is 5.33. The van der Waals surface area contributed by atoms with Crippen molar-refractivity contribution in [1.29, 1.82) is 0 Å². The van der Waals surface area contributed by atoms with E-state index in [4.69, 9.17) is 0 Å². The molecule has 5 rings (SSSR count). The molecule has 2 aromatic heterocycles. The quantitative estimate of drug-likeness (QED) is 0.270. The van der Waals surface area contributed by atoms with Gasteiger partial charge in [-0.1, -0.05) is 60.2 Å². The highest BCUT2D eigenvalue weighted by atomic mass is 15.4. The van der Waals surface area contributed by atoms with Crippen molar-refractivity contribution in [3.8, 4) is 5.95 Å². The molecule has 3 aromatic carbocycles. The summed E-state index contributed by atoms with van der Waals surface area (Å²) in [7, 11) is 0. The Kier molecular flexibility index (Phi) is 5.70. The van der Waals surface area contributed by atoms with Crippen LogP contribution in [0.4, 0.5) is 17.6 Å². The van der Waals surface area contributed by atoms with Crippen LogP contribution in [-0.4, -0.2) is 30.9 Å². The van der Waals surface area contributed by atoms with Crippen molar-refractivity contribution in [2.75, 3.05) is 10.7 Å². The first kappa shape index (κ1) is 21.3. The number of nitrogens with zero attached hydrogens (tertiary/aromatic N) is 6. The summed E-state index contributed by atoms with van der Waals surface area (Å²) in [5.41, 5.74) is 7.81. The summed E-state index contributed by atoms with van der Waals surface area (Å²) in [5, 5.41) is 14.4. The number of aryl methyl sites for hydroxylation is 3. The molecule has 0 fully saturated rings. The summed E-state index contributed by atoms with van der Waals surface area (Å²) >= 11 is 0. The standard InChI is InChI=1S/C26H24N8/c1-17-11-13-22(14-12-17)28-24-29-25(31-26(30-24)34-19(3)15-18(2)33-34)32-27-16-21-9-6-8-20-7-4-5-10-23(20)21/h4-16H,1-3H3,(H2,28,29,30,31,32)/b27-16+. The van der Waals surface area contributed by atoms with Gasteiger partial charge in [-0.2, -0.15) is 25.2 Å². The van der Waals surface area contributed by atoms with Gasteiger partial charge in [0.2, 0.25) is 11.9 Å². The lowest BCUT2D eigenvalue weighted by Gasteiger charge is -2.10. The van der Waals surface area contributed by atoms with E-state index in [1.54, 1.807) is 10.9 Å². The van der Waals surface area contributed by atoms with E-state index in [0.717, 1.165) is 33.4 Å². The summed E-state index contributed by atoms with van der Waals surface area (Å²) in [4.78, 5) is 13.6. The van der Waals surface area contributed by atoms with Crippen LogP contribution in [0.15, 0.2) is 77.9 Å². The molecule has 5 aromatic rings. The lowest BCUT2D eigenvalue weighted by atomic mass is 10.1. The Morgan fingerprint density at radius 3 is 2.38 bits per heavy atom. The van der Waals surface area contributed by atoms with Crippen molar-refractivity contribution >= 4 is 34.6 Å². The molecule has 0 aliphatic carbocycles. The normalized spacial score (nSPS) is 11.3. The number of nitrogens with one attached hydrogen (secondary N) is 2. The van der Waals surface area contributed by atoms with Crippen molar-refractivity contribution in [1.82, 2.24) is 24.7 Å². The number of hydrogen-bond donors (Lipinski definition) is 2. The average Bonchev–Trinajstić information content (AvgIpc) is 3.18. The lowest BCUT2D eigenvalue weighted by molar-refractivity contribution is 0.767. The highest BCUT2D eigenvalue weighted by molar-refractivity contribution is 5.99. The monoisotopic (exact) mass is 448 g/mol. The van der Waals surface area contributed by atoms with Gasteiger partial charge in [0.15, 0.2) is 0 Å². The Labute approximate surface area is 197 Å². The second-order valence-electron chi connectivity index (χ2n) is 8.05. The highest BCUT2D eigenvalue weighted by Gasteiger charge is 2.12. The van der Waals surface area contributed by atoms with Gasteiger partial charge in [-0.15, -0.1) is 0 Å². The minimum atomic E-state index is 0.309. The number of hydrazone groups is 1. The third-order valence-corrected chi connectivity index (χ3v) is 5.32. The molecule has 0 bridgehead atoms. The molecule has 0 saturated heterocycles. The minimum absolute atomic E-state index is 0.309. The van der Waals surface area contributed by atoms with Crippen molar-refractivity contribution < 1.29 is 0 Å². The topological polar surface area (TPSA) is 92.9 Å². The van der Waals surface area contributed by atoms with Gasteiger partial charge < -0.3 is 5.32 Å². The van der Waals surface area contributed by atoms with E-state index < -0.39 is 0 Å². The summed E-state index contributed by atoms with van der Waals surface area (Å²) in [6.07, 6.45) is 1.77. The lowest BCUT2D eigenvalue weighted by Crippen LogP contribution is -2.11. The smallest absolute Gasteiger partial charge is 0.257 e. The van der Waals surface area contributed by atoms with Crippen LogP contribution in [0.5, 0.6) is 0 Å². The summed E-state index contributed by atoms with van der Waals surface area (Å²) in [5.74, 6) is 1.10. The van der Waals surface area contributed by atoms with Crippen molar-refractivity contribution in [3.63, 3.8) is 0 Å². The molecule has 0 amide bonds. The van der Waals surface area contributed by atoms with Gasteiger partial charge in [0, 0.05) is 16.9 Å². The molecule has 2 heterocycles. The van der Waals surface area contributed by atoms with Crippen LogP contribution in [0.25, 0.3) is 16.7 Å². The zero-order valence-electron chi connectivity index (χ0n) is 19.2. The van der Waals surface area contributed by atoms with Gasteiger partial charge >= 0.3 is 0 Å². The average molecular weight is 449 g/mol. The highest BCUT2D eigenvalue weighted by Crippen LogP contribution is 2.19. The molecule has 0 radical (unpaired) electrons. The van der Waals surface area contributed by atoms with Crippen LogP contribution in [0, 0.1) is 20.8 Å². The molecule has 168 valence electrons. The number of fused-ring (bicyclic) bond motifs is 1. The summed E-state index contributed by atoms with van der Waals surface area (Å²) in [6.45, 7) is 5.94. The van der Waals surface area contributed by atoms with Crippen molar-refractivity contribution in [3.05, 3.63) is 95.3 Å². The molecule has 2 N–H and O–H groups in total. The van der Waals surface area contributed by atoms with Crippen LogP contribution >= 0.6 is 0 Å². The van der Waals surface area contributed by atoms with E-state index in [2.05, 4.69) is 54.1 Å². The largest absolute Gasteiger partial charge is 0.324 e. The zero-order chi connectivity index (χ0) is 23.5. The Morgan fingerprint density at radius 1 is 0.824 bits per heavy atom. The van der Waals surface area contributed by atoms with E-state index in [0.29, 0.717) is 17.8 Å². The molecular formula is C26H24N8. The van der Waals surface area contributed by atoms with Crippen LogP contribution < -0.4 is 10.7 Å². The molecule has 0 spiro atoms. The maximum absolute atomic E-state index is 4.58.